The number of hydrogen-bond acceptors (Lipinski definition) is 4. The quantitative estimate of drug-likeness (QED) is 0.425. The van der Waals surface area contributed by atoms with Gasteiger partial charge in [-0.25, -0.2) is 4.39 Å². The van der Waals surface area contributed by atoms with Crippen molar-refractivity contribution >= 4 is 11.1 Å². The summed E-state index contributed by atoms with van der Waals surface area (Å²) in [4.78, 5) is 2.52. The highest BCUT2D eigenvalue weighted by Gasteiger charge is 2.30. The van der Waals surface area contributed by atoms with Crippen LogP contribution in [0.15, 0.2) is 66.7 Å². The van der Waals surface area contributed by atoms with Gasteiger partial charge in [0, 0.05) is 23.2 Å². The number of halogens is 1. The summed E-state index contributed by atoms with van der Waals surface area (Å²) < 4.78 is 26.2. The Morgan fingerprint density at radius 2 is 1.83 bits per heavy atom. The number of fused-ring (bicyclic) bond motifs is 1. The maximum atomic E-state index is 13.7. The van der Waals surface area contributed by atoms with E-state index in [1.54, 1.807) is 30.3 Å². The van der Waals surface area contributed by atoms with Crippen molar-refractivity contribution in [1.82, 2.24) is 4.90 Å². The summed E-state index contributed by atoms with van der Waals surface area (Å²) in [6.07, 6.45) is 2.15. The second kappa shape index (κ2) is 9.74. The Morgan fingerprint density at radius 3 is 2.51 bits per heavy atom. The maximum Gasteiger partial charge on any atom is 0.150 e. The molecule has 2 aliphatic rings. The summed E-state index contributed by atoms with van der Waals surface area (Å²) in [5.41, 5.74) is 4.65. The Morgan fingerprint density at radius 1 is 1.09 bits per heavy atom. The molecule has 0 aromatic heterocycles. The van der Waals surface area contributed by atoms with E-state index in [4.69, 9.17) is 9.47 Å². The first-order valence-corrected chi connectivity index (χ1v) is 12.4. The summed E-state index contributed by atoms with van der Waals surface area (Å²) in [7, 11) is 0. The average Bonchev–Trinajstić information content (AvgIpc) is 3.30. The normalized spacial score (nSPS) is 20.9. The van der Waals surface area contributed by atoms with Gasteiger partial charge in [0.2, 0.25) is 0 Å². The van der Waals surface area contributed by atoms with E-state index in [9.17, 15) is 9.50 Å². The molecule has 3 aromatic carbocycles. The van der Waals surface area contributed by atoms with Crippen LogP contribution in [0.1, 0.15) is 56.4 Å². The molecule has 3 atom stereocenters. The lowest BCUT2D eigenvalue weighted by molar-refractivity contribution is 0.141. The van der Waals surface area contributed by atoms with Crippen molar-refractivity contribution in [1.29, 1.82) is 0 Å². The molecule has 0 spiro atoms. The third-order valence-corrected chi connectivity index (χ3v) is 7.28. The molecule has 0 bridgehead atoms. The van der Waals surface area contributed by atoms with Gasteiger partial charge < -0.3 is 14.6 Å². The molecule has 182 valence electrons. The minimum absolute atomic E-state index is 0.183. The molecule has 2 heterocycles. The molecule has 5 heteroatoms. The van der Waals surface area contributed by atoms with Gasteiger partial charge in [0.1, 0.15) is 35.8 Å². The summed E-state index contributed by atoms with van der Waals surface area (Å²) >= 11 is 0. The van der Waals surface area contributed by atoms with Crippen LogP contribution in [-0.4, -0.2) is 35.2 Å². The Bertz CT molecular complexity index is 1220. The molecule has 1 N–H and O–H groups in total. The third kappa shape index (κ3) is 4.78. The van der Waals surface area contributed by atoms with Crippen molar-refractivity contribution in [3.05, 3.63) is 89.2 Å². The van der Waals surface area contributed by atoms with Crippen molar-refractivity contribution in [2.24, 2.45) is 0 Å². The molecule has 0 saturated carbocycles. The maximum absolute atomic E-state index is 13.7. The van der Waals surface area contributed by atoms with Crippen LogP contribution >= 0.6 is 0 Å². The lowest BCUT2D eigenvalue weighted by Crippen LogP contribution is -2.39. The van der Waals surface area contributed by atoms with Crippen molar-refractivity contribution in [2.75, 3.05) is 13.2 Å². The first-order valence-electron chi connectivity index (χ1n) is 12.4. The number of nitrogens with zero attached hydrogens (tertiary/aromatic N) is 1. The summed E-state index contributed by atoms with van der Waals surface area (Å²) in [5, 5.41) is 10.0. The SMILES string of the molecule is CC1=C(c2ccc(F)cc2)C(c2ccc(OC[C@H](C)N3CCC[C@H]3C)cc2)Oc2ccc(O)cc21. The van der Waals surface area contributed by atoms with Crippen molar-refractivity contribution in [2.45, 2.75) is 51.8 Å². The monoisotopic (exact) mass is 473 g/mol. The fourth-order valence-electron chi connectivity index (χ4n) is 5.34. The molecule has 1 unspecified atom stereocenters. The van der Waals surface area contributed by atoms with Crippen LogP contribution in [0.4, 0.5) is 4.39 Å². The highest BCUT2D eigenvalue weighted by atomic mass is 19.1. The van der Waals surface area contributed by atoms with Gasteiger partial charge in [-0.2, -0.15) is 0 Å². The fraction of sp³-hybridized carbons (Fsp3) is 0.333. The van der Waals surface area contributed by atoms with Crippen molar-refractivity contribution in [3.63, 3.8) is 0 Å². The Labute approximate surface area is 206 Å². The number of likely N-dealkylation sites (tertiary alicyclic amines) is 1. The standard InChI is InChI=1S/C30H32FNO3/c1-19-5-4-16-32(19)20(2)18-34-26-13-8-23(9-14-26)30-29(22-6-10-24(31)11-7-22)21(3)27-17-25(33)12-15-28(27)35-30/h6-15,17,19-20,30,33H,4-5,16,18H2,1-3H3/t19-,20+,30?/m1/s1. The first kappa shape index (κ1) is 23.4. The van der Waals surface area contributed by atoms with Gasteiger partial charge in [-0.1, -0.05) is 24.3 Å². The second-order valence-corrected chi connectivity index (χ2v) is 9.68. The van der Waals surface area contributed by atoms with E-state index in [0.717, 1.165) is 40.1 Å². The van der Waals surface area contributed by atoms with Crippen LogP contribution in [0.5, 0.6) is 17.2 Å². The molecule has 3 aromatic rings. The summed E-state index contributed by atoms with van der Waals surface area (Å²) in [6, 6.07) is 20.6. The molecule has 1 saturated heterocycles. The van der Waals surface area contributed by atoms with Gasteiger partial charge in [-0.15, -0.1) is 0 Å². The van der Waals surface area contributed by atoms with E-state index in [2.05, 4.69) is 18.7 Å². The van der Waals surface area contributed by atoms with E-state index >= 15 is 0 Å². The molecular weight excluding hydrogens is 441 g/mol. The van der Waals surface area contributed by atoms with Crippen LogP contribution < -0.4 is 9.47 Å². The zero-order valence-corrected chi connectivity index (χ0v) is 20.5. The number of hydrogen-bond donors (Lipinski definition) is 1. The second-order valence-electron chi connectivity index (χ2n) is 9.68. The summed E-state index contributed by atoms with van der Waals surface area (Å²) in [5.74, 6) is 1.45. The van der Waals surface area contributed by atoms with Crippen LogP contribution in [0, 0.1) is 5.82 Å². The molecule has 0 aliphatic carbocycles. The predicted molar refractivity (Wildman–Crippen MR) is 137 cm³/mol. The Balaban J connectivity index is 1.41. The van der Waals surface area contributed by atoms with E-state index in [1.165, 1.54) is 25.0 Å². The minimum Gasteiger partial charge on any atom is -0.508 e. The zero-order valence-electron chi connectivity index (χ0n) is 20.5. The largest absolute Gasteiger partial charge is 0.508 e. The van der Waals surface area contributed by atoms with Crippen LogP contribution in [0.25, 0.3) is 11.1 Å². The number of benzene rings is 3. The third-order valence-electron chi connectivity index (χ3n) is 7.28. The summed E-state index contributed by atoms with van der Waals surface area (Å²) in [6.45, 7) is 8.33. The number of rotatable bonds is 6. The van der Waals surface area contributed by atoms with Crippen molar-refractivity contribution in [3.8, 4) is 17.2 Å². The first-order chi connectivity index (χ1) is 16.9. The van der Waals surface area contributed by atoms with Gasteiger partial charge in [-0.3, -0.25) is 4.90 Å². The zero-order chi connectivity index (χ0) is 24.5. The number of aromatic hydroxyl groups is 1. The fourth-order valence-corrected chi connectivity index (χ4v) is 5.34. The molecule has 1 fully saturated rings. The number of allylic oxidation sites excluding steroid dienone is 1. The Kier molecular flexibility index (Phi) is 6.52. The average molecular weight is 474 g/mol. The van der Waals surface area contributed by atoms with Gasteiger partial charge >= 0.3 is 0 Å². The lowest BCUT2D eigenvalue weighted by Gasteiger charge is -2.31. The smallest absolute Gasteiger partial charge is 0.150 e. The number of phenols is 1. The van der Waals surface area contributed by atoms with Crippen LogP contribution in [0.3, 0.4) is 0 Å². The predicted octanol–water partition coefficient (Wildman–Crippen LogP) is 6.85. The van der Waals surface area contributed by atoms with E-state index < -0.39 is 0 Å². The van der Waals surface area contributed by atoms with Crippen molar-refractivity contribution < 1.29 is 19.0 Å². The minimum atomic E-state index is -0.365. The number of phenolic OH excluding ortho intramolecular Hbond substituents is 1. The van der Waals surface area contributed by atoms with E-state index in [0.29, 0.717) is 24.4 Å². The molecule has 0 amide bonds. The molecule has 0 radical (unpaired) electrons. The van der Waals surface area contributed by atoms with Crippen LogP contribution in [-0.2, 0) is 0 Å². The van der Waals surface area contributed by atoms with E-state index in [-0.39, 0.29) is 17.7 Å². The topological polar surface area (TPSA) is 41.9 Å². The highest BCUT2D eigenvalue weighted by molar-refractivity contribution is 5.95. The van der Waals surface area contributed by atoms with Gasteiger partial charge in [0.25, 0.3) is 0 Å². The van der Waals surface area contributed by atoms with Gasteiger partial charge in [-0.05, 0) is 99.3 Å². The Hall–Kier alpha value is -3.31. The lowest BCUT2D eigenvalue weighted by atomic mass is 9.86. The molecule has 5 rings (SSSR count). The van der Waals surface area contributed by atoms with Gasteiger partial charge in [0.15, 0.2) is 0 Å². The highest BCUT2D eigenvalue weighted by Crippen LogP contribution is 2.47. The van der Waals surface area contributed by atoms with Crippen LogP contribution in [0.2, 0.25) is 0 Å². The van der Waals surface area contributed by atoms with Gasteiger partial charge in [0.05, 0.1) is 0 Å². The molecule has 4 nitrogen and oxygen atoms in total. The number of ether oxygens (including phenoxy) is 2. The molecular formula is C30H32FNO3. The molecule has 35 heavy (non-hydrogen) atoms. The molecule has 2 aliphatic heterocycles. The van der Waals surface area contributed by atoms with E-state index in [1.807, 2.05) is 31.2 Å².